The summed E-state index contributed by atoms with van der Waals surface area (Å²) >= 11 is 6.67. The predicted octanol–water partition coefficient (Wildman–Crippen LogP) is 4.49. The van der Waals surface area contributed by atoms with Gasteiger partial charge in [0, 0.05) is 12.5 Å². The van der Waals surface area contributed by atoms with E-state index >= 15 is 0 Å². The SMILES string of the molecule is CC(C)(NC(=O)c1cc(Oc2c(Br)cc(C(C)(O)[PH+]=O)cc2Br)ccc1O)C(=O)O. The third kappa shape index (κ3) is 5.37. The number of carboxylic acid groups (broad SMARTS) is 1. The quantitative estimate of drug-likeness (QED) is 0.365. The molecule has 30 heavy (non-hydrogen) atoms. The number of hydrogen-bond acceptors (Lipinski definition) is 6. The zero-order valence-electron chi connectivity index (χ0n) is 16.1. The van der Waals surface area contributed by atoms with E-state index in [0.717, 1.165) is 0 Å². The predicted molar refractivity (Wildman–Crippen MR) is 118 cm³/mol. The molecule has 4 N–H and O–H groups in total. The molecule has 0 bridgehead atoms. The molecule has 160 valence electrons. The van der Waals surface area contributed by atoms with Crippen LogP contribution < -0.4 is 10.1 Å². The normalized spacial score (nSPS) is 13.5. The Labute approximate surface area is 190 Å². The van der Waals surface area contributed by atoms with Gasteiger partial charge in [0.1, 0.15) is 17.0 Å². The first kappa shape index (κ1) is 24.3. The van der Waals surface area contributed by atoms with Gasteiger partial charge < -0.3 is 25.4 Å². The lowest BCUT2D eigenvalue weighted by molar-refractivity contribution is -0.143. The Hall–Kier alpha value is -2.00. The lowest BCUT2D eigenvalue weighted by atomic mass is 10.0. The summed E-state index contributed by atoms with van der Waals surface area (Å²) < 4.78 is 17.9. The number of carbonyl (C=O) groups is 2. The Morgan fingerprint density at radius 2 is 1.67 bits per heavy atom. The first-order chi connectivity index (χ1) is 13.8. The van der Waals surface area contributed by atoms with Crippen LogP contribution in [0.2, 0.25) is 0 Å². The number of rotatable bonds is 7. The van der Waals surface area contributed by atoms with Gasteiger partial charge in [0.15, 0.2) is 5.75 Å². The van der Waals surface area contributed by atoms with E-state index in [1.165, 1.54) is 39.0 Å². The lowest BCUT2D eigenvalue weighted by Crippen LogP contribution is -2.49. The van der Waals surface area contributed by atoms with Crippen molar-refractivity contribution in [1.29, 1.82) is 0 Å². The minimum Gasteiger partial charge on any atom is -0.507 e. The van der Waals surface area contributed by atoms with E-state index in [-0.39, 0.29) is 17.1 Å². The maximum atomic E-state index is 12.4. The summed E-state index contributed by atoms with van der Waals surface area (Å²) in [5.74, 6) is -1.86. The molecule has 0 aliphatic heterocycles. The average molecular weight is 564 g/mol. The second-order valence-electron chi connectivity index (χ2n) is 7.11. The molecule has 8 nitrogen and oxygen atoms in total. The third-order valence-corrected chi connectivity index (χ3v) is 6.02. The number of nitrogens with one attached hydrogen (secondary N) is 1. The van der Waals surface area contributed by atoms with Crippen LogP contribution in [0, 0.1) is 0 Å². The number of aromatic hydroxyl groups is 1. The summed E-state index contributed by atoms with van der Waals surface area (Å²) in [5.41, 5.74) is -1.31. The molecule has 0 aliphatic carbocycles. The van der Waals surface area contributed by atoms with Crippen LogP contribution in [0.15, 0.2) is 39.3 Å². The fraction of sp³-hybridized carbons (Fsp3) is 0.263. The Bertz CT molecular complexity index is 1000. The van der Waals surface area contributed by atoms with Crippen LogP contribution >= 0.6 is 40.3 Å². The van der Waals surface area contributed by atoms with E-state index in [4.69, 9.17) is 9.84 Å². The maximum Gasteiger partial charge on any atom is 0.364 e. The standard InChI is InChI=1S/C19H18Br2NO7P/c1-18(2,17(25)26)22-16(24)11-8-10(4-5-14(11)23)29-15-12(20)6-9(7-13(15)21)19(3,27)30-28/h4-8,23,27H,1-3H3,(H,22,24)(H,25,26)/p+1. The van der Waals surface area contributed by atoms with E-state index < -0.39 is 31.2 Å². The van der Waals surface area contributed by atoms with Crippen LogP contribution in [-0.2, 0) is 14.7 Å². The van der Waals surface area contributed by atoms with Gasteiger partial charge in [-0.05, 0) is 76.0 Å². The van der Waals surface area contributed by atoms with Crippen LogP contribution in [-0.4, -0.2) is 32.7 Å². The highest BCUT2D eigenvalue weighted by molar-refractivity contribution is 9.11. The summed E-state index contributed by atoms with van der Waals surface area (Å²) in [6.45, 7) is 4.05. The van der Waals surface area contributed by atoms with Crippen LogP contribution in [0.5, 0.6) is 17.2 Å². The number of hydrogen-bond donors (Lipinski definition) is 4. The highest BCUT2D eigenvalue weighted by atomic mass is 79.9. The van der Waals surface area contributed by atoms with Crippen molar-refractivity contribution in [2.24, 2.45) is 0 Å². The van der Waals surface area contributed by atoms with Crippen molar-refractivity contribution in [2.75, 3.05) is 0 Å². The fourth-order valence-electron chi connectivity index (χ4n) is 2.28. The van der Waals surface area contributed by atoms with E-state index in [0.29, 0.717) is 20.3 Å². The number of benzene rings is 2. The molecule has 0 radical (unpaired) electrons. The van der Waals surface area contributed by atoms with E-state index in [9.17, 15) is 24.4 Å². The van der Waals surface area contributed by atoms with Crippen LogP contribution in [0.1, 0.15) is 36.7 Å². The molecule has 2 rings (SSSR count). The molecule has 0 fully saturated rings. The molecule has 0 aromatic heterocycles. The second kappa shape index (κ2) is 9.01. The number of ether oxygens (including phenoxy) is 1. The van der Waals surface area contributed by atoms with Crippen LogP contribution in [0.3, 0.4) is 0 Å². The van der Waals surface area contributed by atoms with Gasteiger partial charge in [-0.1, -0.05) is 4.57 Å². The average Bonchev–Trinajstić information content (AvgIpc) is 2.65. The lowest BCUT2D eigenvalue weighted by Gasteiger charge is -2.21. The molecule has 11 heteroatoms. The molecule has 2 atom stereocenters. The van der Waals surface area contributed by atoms with Gasteiger partial charge in [-0.2, -0.15) is 0 Å². The van der Waals surface area contributed by atoms with Gasteiger partial charge in [0.2, 0.25) is 0 Å². The maximum absolute atomic E-state index is 12.4. The number of phenolic OH excluding ortho intramolecular Hbond substituents is 1. The summed E-state index contributed by atoms with van der Waals surface area (Å²) in [4.78, 5) is 23.7. The Morgan fingerprint density at radius 3 is 2.17 bits per heavy atom. The van der Waals surface area contributed by atoms with Crippen molar-refractivity contribution in [3.63, 3.8) is 0 Å². The van der Waals surface area contributed by atoms with Gasteiger partial charge in [-0.3, -0.25) is 4.79 Å². The zero-order valence-corrected chi connectivity index (χ0v) is 20.3. The molecular weight excluding hydrogens is 545 g/mol. The summed E-state index contributed by atoms with van der Waals surface area (Å²) in [7, 11) is -0.979. The first-order valence-electron chi connectivity index (χ1n) is 8.46. The molecule has 0 saturated heterocycles. The molecule has 1 amide bonds. The number of aliphatic hydroxyl groups is 1. The Kier molecular flexibility index (Phi) is 7.29. The molecular formula is C19H19Br2NO7P+. The van der Waals surface area contributed by atoms with Crippen molar-refractivity contribution in [2.45, 2.75) is 31.7 Å². The minimum atomic E-state index is -1.54. The minimum absolute atomic E-state index is 0.166. The van der Waals surface area contributed by atoms with E-state index in [1.807, 2.05) is 0 Å². The molecule has 2 unspecified atom stereocenters. The largest absolute Gasteiger partial charge is 0.507 e. The van der Waals surface area contributed by atoms with E-state index in [2.05, 4.69) is 37.2 Å². The fourth-order valence-corrected chi connectivity index (χ4v) is 3.89. The van der Waals surface area contributed by atoms with Crippen molar-refractivity contribution in [1.82, 2.24) is 5.32 Å². The molecule has 2 aromatic carbocycles. The van der Waals surface area contributed by atoms with Gasteiger partial charge >= 0.3 is 14.4 Å². The second-order valence-corrected chi connectivity index (χ2v) is 9.99. The van der Waals surface area contributed by atoms with Crippen molar-refractivity contribution in [3.8, 4) is 17.2 Å². The Balaban J connectivity index is 2.37. The van der Waals surface area contributed by atoms with Crippen LogP contribution in [0.25, 0.3) is 0 Å². The monoisotopic (exact) mass is 562 g/mol. The number of carboxylic acids is 1. The Morgan fingerprint density at radius 1 is 1.10 bits per heavy atom. The number of aliphatic carboxylic acids is 1. The third-order valence-electron chi connectivity index (χ3n) is 4.15. The first-order valence-corrected chi connectivity index (χ1v) is 11.0. The molecule has 0 aliphatic rings. The zero-order chi connectivity index (χ0) is 22.9. The number of phenols is 1. The highest BCUT2D eigenvalue weighted by Crippen LogP contribution is 2.42. The van der Waals surface area contributed by atoms with Gasteiger partial charge in [0.05, 0.1) is 14.5 Å². The summed E-state index contributed by atoms with van der Waals surface area (Å²) in [6.07, 6.45) is 0. The van der Waals surface area contributed by atoms with Crippen LogP contribution in [0.4, 0.5) is 0 Å². The van der Waals surface area contributed by atoms with Gasteiger partial charge in [-0.25, -0.2) is 4.79 Å². The van der Waals surface area contributed by atoms with Crippen molar-refractivity contribution in [3.05, 3.63) is 50.4 Å². The van der Waals surface area contributed by atoms with Gasteiger partial charge in [-0.15, -0.1) is 0 Å². The van der Waals surface area contributed by atoms with E-state index in [1.54, 1.807) is 12.1 Å². The number of carbonyl (C=O) groups excluding carboxylic acids is 1. The molecule has 2 aromatic rings. The highest BCUT2D eigenvalue weighted by Gasteiger charge is 2.34. The topological polar surface area (TPSA) is 133 Å². The number of halogens is 2. The molecule has 0 spiro atoms. The smallest absolute Gasteiger partial charge is 0.364 e. The van der Waals surface area contributed by atoms with Crippen molar-refractivity contribution >= 4 is 52.2 Å². The van der Waals surface area contributed by atoms with Gasteiger partial charge in [0.25, 0.3) is 11.2 Å². The summed E-state index contributed by atoms with van der Waals surface area (Å²) in [6, 6.07) is 7.04. The molecule has 0 saturated carbocycles. The molecule has 0 heterocycles. The summed E-state index contributed by atoms with van der Waals surface area (Å²) in [5, 5.41) is 30.2. The van der Waals surface area contributed by atoms with Crippen molar-refractivity contribution < 1.29 is 34.2 Å². The number of amides is 1.